The molecule has 0 aliphatic heterocycles. The minimum atomic E-state index is -1.03. The van der Waals surface area contributed by atoms with E-state index in [9.17, 15) is 19.6 Å². The van der Waals surface area contributed by atoms with E-state index >= 15 is 0 Å². The van der Waals surface area contributed by atoms with Crippen LogP contribution >= 0.6 is 11.6 Å². The van der Waals surface area contributed by atoms with E-state index in [1.54, 1.807) is 30.3 Å². The van der Waals surface area contributed by atoms with Crippen molar-refractivity contribution in [3.63, 3.8) is 0 Å². The maximum Gasteiger partial charge on any atom is 0.335 e. The van der Waals surface area contributed by atoms with Crippen molar-refractivity contribution in [2.24, 2.45) is 0 Å². The highest BCUT2D eigenvalue weighted by molar-refractivity contribution is 6.32. The number of carboxylic acids is 1. The fourth-order valence-electron chi connectivity index (χ4n) is 3.45. The highest BCUT2D eigenvalue weighted by Gasteiger charge is 2.15. The second kappa shape index (κ2) is 10.3. The van der Waals surface area contributed by atoms with Gasteiger partial charge >= 0.3 is 5.97 Å². The summed E-state index contributed by atoms with van der Waals surface area (Å²) in [4.78, 5) is 18.5. The van der Waals surface area contributed by atoms with Gasteiger partial charge in [-0.3, -0.25) is 0 Å². The quantitative estimate of drug-likeness (QED) is 0.288. The Labute approximate surface area is 205 Å². The van der Waals surface area contributed by atoms with Gasteiger partial charge in [-0.2, -0.15) is 5.26 Å². The monoisotopic (exact) mass is 491 g/mol. The number of aromatic nitrogens is 2. The first-order valence-corrected chi connectivity index (χ1v) is 10.9. The van der Waals surface area contributed by atoms with Crippen molar-refractivity contribution in [2.75, 3.05) is 6.61 Å². The van der Waals surface area contributed by atoms with E-state index in [1.165, 1.54) is 30.3 Å². The molecule has 0 fully saturated rings. The number of imidazole rings is 1. The normalized spacial score (nSPS) is 11.3. The lowest BCUT2D eigenvalue weighted by molar-refractivity contribution is 0.0696. The van der Waals surface area contributed by atoms with Gasteiger partial charge in [0.05, 0.1) is 33.8 Å². The summed E-state index contributed by atoms with van der Waals surface area (Å²) in [5.41, 5.74) is 2.61. The SMILES string of the molecule is CCOc1cc(/C=C(/C#N)c2nc3ccc(F)cc3[nH]2)cc(Cl)c1OCc1cccc(C(=O)O)c1. The Morgan fingerprint density at radius 1 is 1.23 bits per heavy atom. The summed E-state index contributed by atoms with van der Waals surface area (Å²) < 4.78 is 25.1. The number of benzene rings is 3. The highest BCUT2D eigenvalue weighted by Crippen LogP contribution is 2.38. The van der Waals surface area contributed by atoms with Gasteiger partial charge in [0.1, 0.15) is 24.3 Å². The molecule has 1 heterocycles. The number of aromatic carboxylic acids is 1. The number of ether oxygens (including phenoxy) is 2. The highest BCUT2D eigenvalue weighted by atomic mass is 35.5. The Morgan fingerprint density at radius 2 is 2.06 bits per heavy atom. The summed E-state index contributed by atoms with van der Waals surface area (Å²) in [6.45, 7) is 2.23. The molecule has 7 nitrogen and oxygen atoms in total. The maximum absolute atomic E-state index is 13.5. The molecule has 4 aromatic rings. The summed E-state index contributed by atoms with van der Waals surface area (Å²) in [5.74, 6) is -0.484. The van der Waals surface area contributed by atoms with Crippen molar-refractivity contribution in [3.05, 3.63) is 88.0 Å². The maximum atomic E-state index is 13.5. The minimum absolute atomic E-state index is 0.0785. The fourth-order valence-corrected chi connectivity index (χ4v) is 3.73. The molecule has 0 spiro atoms. The van der Waals surface area contributed by atoms with Gasteiger partial charge in [0.2, 0.25) is 0 Å². The molecule has 0 aliphatic rings. The standard InChI is InChI=1S/C26H19ClFN3O4/c1-2-34-23-11-16(9-18(13-29)25-30-21-7-6-19(28)12-22(21)31-25)10-20(27)24(23)35-14-15-4-3-5-17(8-15)26(32)33/h3-12H,2,14H2,1H3,(H,30,31)(H,32,33)/b18-9-. The van der Waals surface area contributed by atoms with Crippen LogP contribution < -0.4 is 9.47 Å². The van der Waals surface area contributed by atoms with Gasteiger partial charge in [-0.05, 0) is 66.6 Å². The molecule has 0 atom stereocenters. The number of hydrogen-bond acceptors (Lipinski definition) is 5. The first-order chi connectivity index (χ1) is 16.9. The molecule has 0 saturated carbocycles. The van der Waals surface area contributed by atoms with Crippen LogP contribution in [0.5, 0.6) is 11.5 Å². The zero-order valence-corrected chi connectivity index (χ0v) is 19.3. The molecule has 3 aromatic carbocycles. The van der Waals surface area contributed by atoms with Gasteiger partial charge in [-0.15, -0.1) is 0 Å². The number of H-pyrrole nitrogens is 1. The van der Waals surface area contributed by atoms with E-state index < -0.39 is 11.8 Å². The lowest BCUT2D eigenvalue weighted by Crippen LogP contribution is -2.03. The number of nitrogens with one attached hydrogen (secondary N) is 1. The number of aromatic amines is 1. The number of rotatable bonds is 8. The van der Waals surface area contributed by atoms with Crippen LogP contribution in [0.1, 0.15) is 34.2 Å². The Hall–Kier alpha value is -4.35. The van der Waals surface area contributed by atoms with Crippen LogP contribution in [-0.4, -0.2) is 27.7 Å². The lowest BCUT2D eigenvalue weighted by atomic mass is 10.1. The largest absolute Gasteiger partial charge is 0.490 e. The van der Waals surface area contributed by atoms with Crippen LogP contribution in [0.15, 0.2) is 54.6 Å². The molecule has 0 aliphatic carbocycles. The average Bonchev–Trinajstić information content (AvgIpc) is 3.25. The summed E-state index contributed by atoms with van der Waals surface area (Å²) in [6, 6.07) is 15.9. The number of fused-ring (bicyclic) bond motifs is 1. The predicted molar refractivity (Wildman–Crippen MR) is 130 cm³/mol. The third-order valence-corrected chi connectivity index (χ3v) is 5.30. The zero-order chi connectivity index (χ0) is 24.9. The topological polar surface area (TPSA) is 108 Å². The number of nitrogens with zero attached hydrogens (tertiary/aromatic N) is 2. The van der Waals surface area contributed by atoms with Crippen LogP contribution in [0, 0.1) is 17.1 Å². The van der Waals surface area contributed by atoms with E-state index in [0.717, 1.165) is 0 Å². The van der Waals surface area contributed by atoms with Gasteiger partial charge < -0.3 is 19.6 Å². The summed E-state index contributed by atoms with van der Waals surface area (Å²) in [7, 11) is 0. The molecule has 176 valence electrons. The third kappa shape index (κ3) is 5.42. The minimum Gasteiger partial charge on any atom is -0.490 e. The molecular weight excluding hydrogens is 473 g/mol. The molecule has 0 saturated heterocycles. The number of allylic oxidation sites excluding steroid dienone is 1. The molecular formula is C26H19ClFN3O4. The van der Waals surface area contributed by atoms with E-state index in [4.69, 9.17) is 21.1 Å². The zero-order valence-electron chi connectivity index (χ0n) is 18.5. The van der Waals surface area contributed by atoms with Crippen LogP contribution in [-0.2, 0) is 6.61 Å². The number of halogens is 2. The number of hydrogen-bond donors (Lipinski definition) is 2. The van der Waals surface area contributed by atoms with E-state index in [0.29, 0.717) is 46.1 Å². The van der Waals surface area contributed by atoms with Crippen molar-refractivity contribution < 1.29 is 23.8 Å². The summed E-state index contributed by atoms with van der Waals surface area (Å²) in [5, 5.41) is 19.1. The predicted octanol–water partition coefficient (Wildman–Crippen LogP) is 6.10. The third-order valence-electron chi connectivity index (χ3n) is 5.02. The Morgan fingerprint density at radius 3 is 2.80 bits per heavy atom. The second-order valence-electron chi connectivity index (χ2n) is 7.47. The smallest absolute Gasteiger partial charge is 0.335 e. The Bertz CT molecular complexity index is 1490. The molecule has 0 radical (unpaired) electrons. The number of nitriles is 1. The molecule has 0 amide bonds. The summed E-state index contributed by atoms with van der Waals surface area (Å²) in [6.07, 6.45) is 1.59. The number of carboxylic acid groups (broad SMARTS) is 1. The second-order valence-corrected chi connectivity index (χ2v) is 7.88. The van der Waals surface area contributed by atoms with E-state index in [-0.39, 0.29) is 22.8 Å². The van der Waals surface area contributed by atoms with Crippen LogP contribution in [0.3, 0.4) is 0 Å². The Kier molecular flexibility index (Phi) is 6.99. The van der Waals surface area contributed by atoms with Gasteiger partial charge in [-0.1, -0.05) is 23.7 Å². The molecule has 0 bridgehead atoms. The molecule has 0 unspecified atom stereocenters. The average molecular weight is 492 g/mol. The molecule has 1 aromatic heterocycles. The first kappa shape index (κ1) is 23.8. The van der Waals surface area contributed by atoms with Crippen LogP contribution in [0.25, 0.3) is 22.7 Å². The molecule has 2 N–H and O–H groups in total. The molecule has 4 rings (SSSR count). The van der Waals surface area contributed by atoms with Crippen LogP contribution in [0.4, 0.5) is 4.39 Å². The van der Waals surface area contributed by atoms with Crippen molar-refractivity contribution >= 4 is 40.3 Å². The van der Waals surface area contributed by atoms with Crippen molar-refractivity contribution in [2.45, 2.75) is 13.5 Å². The first-order valence-electron chi connectivity index (χ1n) is 10.6. The van der Waals surface area contributed by atoms with Crippen molar-refractivity contribution in [1.29, 1.82) is 5.26 Å². The van der Waals surface area contributed by atoms with Crippen LogP contribution in [0.2, 0.25) is 5.02 Å². The Balaban J connectivity index is 1.64. The van der Waals surface area contributed by atoms with Crippen molar-refractivity contribution in [3.8, 4) is 17.6 Å². The molecule has 9 heteroatoms. The fraction of sp³-hybridized carbons (Fsp3) is 0.115. The van der Waals surface area contributed by atoms with E-state index in [1.807, 2.05) is 6.92 Å². The lowest BCUT2D eigenvalue weighted by Gasteiger charge is -2.15. The van der Waals surface area contributed by atoms with E-state index in [2.05, 4.69) is 16.0 Å². The van der Waals surface area contributed by atoms with Gasteiger partial charge in [0, 0.05) is 0 Å². The van der Waals surface area contributed by atoms with Gasteiger partial charge in [-0.25, -0.2) is 14.2 Å². The van der Waals surface area contributed by atoms with Gasteiger partial charge in [0.15, 0.2) is 11.5 Å². The van der Waals surface area contributed by atoms with Gasteiger partial charge in [0.25, 0.3) is 0 Å². The molecule has 35 heavy (non-hydrogen) atoms. The number of carbonyl (C=O) groups is 1. The summed E-state index contributed by atoms with van der Waals surface area (Å²) >= 11 is 6.50. The van der Waals surface area contributed by atoms with Crippen molar-refractivity contribution in [1.82, 2.24) is 9.97 Å².